The maximum Gasteiger partial charge on any atom is 0.254 e. The standard InChI is InChI=1S/C16H21N3O2/c1-16(2,3)18-14(20)10-19(4)15(21)12-5-6-13-11(9-12)7-8-17-13/h5-9,17H,10H2,1-4H3,(H,18,20). The van der Waals surface area contributed by atoms with Crippen molar-refractivity contribution in [3.05, 3.63) is 36.0 Å². The first-order chi connectivity index (χ1) is 9.76. The van der Waals surface area contributed by atoms with Crippen LogP contribution in [0.25, 0.3) is 10.9 Å². The first-order valence-corrected chi connectivity index (χ1v) is 6.90. The molecule has 0 unspecified atom stereocenters. The average Bonchev–Trinajstić information content (AvgIpc) is 2.82. The molecule has 1 aromatic heterocycles. The molecule has 112 valence electrons. The number of nitrogens with zero attached hydrogens (tertiary/aromatic N) is 1. The quantitative estimate of drug-likeness (QED) is 0.908. The van der Waals surface area contributed by atoms with Gasteiger partial charge in [-0.2, -0.15) is 0 Å². The normalized spacial score (nSPS) is 11.4. The molecular formula is C16H21N3O2. The van der Waals surface area contributed by atoms with E-state index in [0.29, 0.717) is 5.56 Å². The number of rotatable bonds is 3. The fourth-order valence-electron chi connectivity index (χ4n) is 2.15. The van der Waals surface area contributed by atoms with Gasteiger partial charge in [-0.15, -0.1) is 0 Å². The van der Waals surface area contributed by atoms with Crippen molar-refractivity contribution in [2.24, 2.45) is 0 Å². The molecule has 2 N–H and O–H groups in total. The van der Waals surface area contributed by atoms with Crippen molar-refractivity contribution in [2.75, 3.05) is 13.6 Å². The molecular weight excluding hydrogens is 266 g/mol. The number of nitrogens with one attached hydrogen (secondary N) is 2. The largest absolute Gasteiger partial charge is 0.361 e. The molecule has 0 aliphatic carbocycles. The maximum atomic E-state index is 12.3. The zero-order valence-corrected chi connectivity index (χ0v) is 12.9. The molecule has 2 rings (SSSR count). The zero-order valence-electron chi connectivity index (χ0n) is 12.9. The third-order valence-corrected chi connectivity index (χ3v) is 3.04. The summed E-state index contributed by atoms with van der Waals surface area (Å²) in [6, 6.07) is 7.37. The van der Waals surface area contributed by atoms with E-state index in [2.05, 4.69) is 10.3 Å². The number of hydrogen-bond acceptors (Lipinski definition) is 2. The van der Waals surface area contributed by atoms with Gasteiger partial charge in [0.2, 0.25) is 5.91 Å². The second-order valence-electron chi connectivity index (χ2n) is 6.24. The number of benzene rings is 1. The summed E-state index contributed by atoms with van der Waals surface area (Å²) < 4.78 is 0. The molecule has 5 heteroatoms. The van der Waals surface area contributed by atoms with Crippen LogP contribution in [0.4, 0.5) is 0 Å². The van der Waals surface area contributed by atoms with Gasteiger partial charge in [0.05, 0.1) is 6.54 Å². The Hall–Kier alpha value is -2.30. The van der Waals surface area contributed by atoms with Crippen molar-refractivity contribution >= 4 is 22.7 Å². The molecule has 0 aliphatic rings. The highest BCUT2D eigenvalue weighted by molar-refractivity contribution is 5.99. The summed E-state index contributed by atoms with van der Waals surface area (Å²) >= 11 is 0. The first-order valence-electron chi connectivity index (χ1n) is 6.90. The summed E-state index contributed by atoms with van der Waals surface area (Å²) in [4.78, 5) is 28.7. The second kappa shape index (κ2) is 5.60. The number of carbonyl (C=O) groups is 2. The van der Waals surface area contributed by atoms with Gasteiger partial charge in [0.15, 0.2) is 0 Å². The molecule has 1 heterocycles. The minimum atomic E-state index is -0.301. The number of aromatic amines is 1. The highest BCUT2D eigenvalue weighted by Gasteiger charge is 2.18. The van der Waals surface area contributed by atoms with Gasteiger partial charge in [0, 0.05) is 35.2 Å². The Morgan fingerprint density at radius 3 is 2.62 bits per heavy atom. The average molecular weight is 287 g/mol. The molecule has 0 aliphatic heterocycles. The van der Waals surface area contributed by atoms with Gasteiger partial charge < -0.3 is 15.2 Å². The van der Waals surface area contributed by atoms with Crippen molar-refractivity contribution in [3.8, 4) is 0 Å². The third kappa shape index (κ3) is 3.84. The van der Waals surface area contributed by atoms with Crippen LogP contribution in [0.15, 0.2) is 30.5 Å². The minimum Gasteiger partial charge on any atom is -0.361 e. The minimum absolute atomic E-state index is 0.0429. The van der Waals surface area contributed by atoms with E-state index in [-0.39, 0.29) is 23.9 Å². The summed E-state index contributed by atoms with van der Waals surface area (Å²) in [6.45, 7) is 5.77. The zero-order chi connectivity index (χ0) is 15.6. The fraction of sp³-hybridized carbons (Fsp3) is 0.375. The van der Waals surface area contributed by atoms with Gasteiger partial charge in [0.1, 0.15) is 0 Å². The van der Waals surface area contributed by atoms with Crippen LogP contribution < -0.4 is 5.32 Å². The Balaban J connectivity index is 2.06. The van der Waals surface area contributed by atoms with Crippen LogP contribution in [0, 0.1) is 0 Å². The lowest BCUT2D eigenvalue weighted by molar-refractivity contribution is -0.122. The van der Waals surface area contributed by atoms with Gasteiger partial charge in [0.25, 0.3) is 5.91 Å². The Morgan fingerprint density at radius 1 is 1.24 bits per heavy atom. The first kappa shape index (κ1) is 15.1. The predicted octanol–water partition coefficient (Wildman–Crippen LogP) is 2.15. The van der Waals surface area contributed by atoms with E-state index in [1.54, 1.807) is 13.1 Å². The maximum absolute atomic E-state index is 12.3. The van der Waals surface area contributed by atoms with Crippen molar-refractivity contribution < 1.29 is 9.59 Å². The number of aromatic nitrogens is 1. The molecule has 1 aromatic carbocycles. The van der Waals surface area contributed by atoms with E-state index in [0.717, 1.165) is 10.9 Å². The lowest BCUT2D eigenvalue weighted by Crippen LogP contribution is -2.46. The van der Waals surface area contributed by atoms with E-state index in [9.17, 15) is 9.59 Å². The van der Waals surface area contributed by atoms with E-state index < -0.39 is 0 Å². The Bertz CT molecular complexity index is 667. The van der Waals surface area contributed by atoms with Crippen molar-refractivity contribution in [1.82, 2.24) is 15.2 Å². The Labute approximate surface area is 124 Å². The van der Waals surface area contributed by atoms with Crippen molar-refractivity contribution in [1.29, 1.82) is 0 Å². The van der Waals surface area contributed by atoms with Crippen LogP contribution in [0.1, 0.15) is 31.1 Å². The second-order valence-corrected chi connectivity index (χ2v) is 6.24. The van der Waals surface area contributed by atoms with Crippen LogP contribution in [0.2, 0.25) is 0 Å². The Morgan fingerprint density at radius 2 is 1.95 bits per heavy atom. The van der Waals surface area contributed by atoms with Crippen molar-refractivity contribution in [3.63, 3.8) is 0 Å². The Kier molecular flexibility index (Phi) is 4.02. The van der Waals surface area contributed by atoms with Crippen LogP contribution in [-0.4, -0.2) is 40.8 Å². The summed E-state index contributed by atoms with van der Waals surface area (Å²) in [5, 5.41) is 3.82. The molecule has 2 amide bonds. The molecule has 0 radical (unpaired) electrons. The van der Waals surface area contributed by atoms with Crippen LogP contribution in [-0.2, 0) is 4.79 Å². The molecule has 2 aromatic rings. The van der Waals surface area contributed by atoms with Gasteiger partial charge >= 0.3 is 0 Å². The smallest absolute Gasteiger partial charge is 0.254 e. The third-order valence-electron chi connectivity index (χ3n) is 3.04. The van der Waals surface area contributed by atoms with Gasteiger partial charge in [-0.3, -0.25) is 9.59 Å². The van der Waals surface area contributed by atoms with E-state index >= 15 is 0 Å². The molecule has 0 fully saturated rings. The molecule has 5 nitrogen and oxygen atoms in total. The van der Waals surface area contributed by atoms with Gasteiger partial charge in [-0.1, -0.05) is 0 Å². The molecule has 0 atom stereocenters. The number of fused-ring (bicyclic) bond motifs is 1. The molecule has 0 saturated heterocycles. The van der Waals surface area contributed by atoms with E-state index in [1.807, 2.05) is 45.2 Å². The fourth-order valence-corrected chi connectivity index (χ4v) is 2.15. The number of likely N-dealkylation sites (N-methyl/N-ethyl adjacent to an activating group) is 1. The van der Waals surface area contributed by atoms with Crippen LogP contribution in [0.5, 0.6) is 0 Å². The number of hydrogen-bond donors (Lipinski definition) is 2. The lowest BCUT2D eigenvalue weighted by Gasteiger charge is -2.23. The predicted molar refractivity (Wildman–Crippen MR) is 83.2 cm³/mol. The summed E-state index contributed by atoms with van der Waals surface area (Å²) in [5.74, 6) is -0.330. The summed E-state index contributed by atoms with van der Waals surface area (Å²) in [7, 11) is 1.63. The number of carbonyl (C=O) groups excluding carboxylic acids is 2. The lowest BCUT2D eigenvalue weighted by atomic mass is 10.1. The SMILES string of the molecule is CN(CC(=O)NC(C)(C)C)C(=O)c1ccc2[nH]ccc2c1. The van der Waals surface area contributed by atoms with Gasteiger partial charge in [-0.05, 0) is 45.0 Å². The molecule has 0 spiro atoms. The summed E-state index contributed by atoms with van der Waals surface area (Å²) in [6.07, 6.45) is 1.83. The van der Waals surface area contributed by atoms with Crippen LogP contribution >= 0.6 is 0 Å². The highest BCUT2D eigenvalue weighted by Crippen LogP contribution is 2.15. The molecule has 0 saturated carbocycles. The number of amides is 2. The van der Waals surface area contributed by atoms with E-state index in [4.69, 9.17) is 0 Å². The highest BCUT2D eigenvalue weighted by atomic mass is 16.2. The summed E-state index contributed by atoms with van der Waals surface area (Å²) in [5.41, 5.74) is 1.26. The van der Waals surface area contributed by atoms with E-state index in [1.165, 1.54) is 4.90 Å². The van der Waals surface area contributed by atoms with Crippen LogP contribution in [0.3, 0.4) is 0 Å². The molecule has 21 heavy (non-hydrogen) atoms. The van der Waals surface area contributed by atoms with Gasteiger partial charge in [-0.25, -0.2) is 0 Å². The monoisotopic (exact) mass is 287 g/mol. The molecule has 0 bridgehead atoms. The topological polar surface area (TPSA) is 65.2 Å². The van der Waals surface area contributed by atoms with Crippen molar-refractivity contribution in [2.45, 2.75) is 26.3 Å². The number of H-pyrrole nitrogens is 1.